The number of nitrogens with zero attached hydrogens (tertiary/aromatic N) is 2. The highest BCUT2D eigenvalue weighted by molar-refractivity contribution is 5.93. The number of anilines is 2. The van der Waals surface area contributed by atoms with E-state index < -0.39 is 0 Å². The Balaban J connectivity index is 1.70. The van der Waals surface area contributed by atoms with Crippen molar-refractivity contribution in [2.24, 2.45) is 5.92 Å². The second kappa shape index (κ2) is 6.64. The van der Waals surface area contributed by atoms with Crippen molar-refractivity contribution < 1.29 is 4.79 Å². The van der Waals surface area contributed by atoms with Gasteiger partial charge in [0.1, 0.15) is 0 Å². The van der Waals surface area contributed by atoms with E-state index in [0.717, 1.165) is 36.3 Å². The number of hydrogen-bond donors (Lipinski definition) is 2. The summed E-state index contributed by atoms with van der Waals surface area (Å²) >= 11 is 0. The maximum atomic E-state index is 12.5. The molecule has 2 aromatic rings. The zero-order valence-electron chi connectivity index (χ0n) is 13.1. The fourth-order valence-corrected chi connectivity index (χ4v) is 2.91. The minimum atomic E-state index is -0.228. The Morgan fingerprint density at radius 2 is 2.22 bits per heavy atom. The number of amides is 1. The SMILES string of the molecule is Cc1ccccc1NC(=O)[C@H]1CCCN(c2cn[nH]c(=O)c2)C1. The summed E-state index contributed by atoms with van der Waals surface area (Å²) in [5.74, 6) is -0.0653. The molecule has 1 aliphatic heterocycles. The van der Waals surface area contributed by atoms with Gasteiger partial charge in [-0.1, -0.05) is 18.2 Å². The van der Waals surface area contributed by atoms with Gasteiger partial charge >= 0.3 is 0 Å². The average Bonchev–Trinajstić information content (AvgIpc) is 2.57. The van der Waals surface area contributed by atoms with Crippen molar-refractivity contribution in [3.8, 4) is 0 Å². The number of piperidine rings is 1. The van der Waals surface area contributed by atoms with Gasteiger partial charge in [0.2, 0.25) is 5.91 Å². The molecule has 6 nitrogen and oxygen atoms in total. The Morgan fingerprint density at radius 1 is 1.39 bits per heavy atom. The standard InChI is InChI=1S/C17H20N4O2/c1-12-5-2-3-7-15(12)19-17(23)13-6-4-8-21(11-13)14-9-16(22)20-18-10-14/h2-3,5,7,9-10,13H,4,6,8,11H2,1H3,(H,19,23)(H,20,22)/t13-/m0/s1. The second-order valence-electron chi connectivity index (χ2n) is 5.89. The molecule has 1 fully saturated rings. The Kier molecular flexibility index (Phi) is 4.41. The van der Waals surface area contributed by atoms with Crippen LogP contribution in [0.2, 0.25) is 0 Å². The lowest BCUT2D eigenvalue weighted by Crippen LogP contribution is -2.41. The Labute approximate surface area is 134 Å². The highest BCUT2D eigenvalue weighted by atomic mass is 16.2. The van der Waals surface area contributed by atoms with Gasteiger partial charge in [0.15, 0.2) is 0 Å². The monoisotopic (exact) mass is 312 g/mol. The van der Waals surface area contributed by atoms with Crippen LogP contribution in [0.4, 0.5) is 11.4 Å². The molecule has 23 heavy (non-hydrogen) atoms. The Bertz CT molecular complexity index is 756. The van der Waals surface area contributed by atoms with Crippen LogP contribution < -0.4 is 15.8 Å². The molecule has 1 atom stereocenters. The van der Waals surface area contributed by atoms with Crippen molar-refractivity contribution in [1.82, 2.24) is 10.2 Å². The van der Waals surface area contributed by atoms with Crippen LogP contribution in [0.25, 0.3) is 0 Å². The lowest BCUT2D eigenvalue weighted by Gasteiger charge is -2.33. The number of aromatic nitrogens is 2. The Morgan fingerprint density at radius 3 is 3.00 bits per heavy atom. The fourth-order valence-electron chi connectivity index (χ4n) is 2.91. The number of hydrogen-bond acceptors (Lipinski definition) is 4. The number of nitrogens with one attached hydrogen (secondary N) is 2. The molecule has 1 saturated heterocycles. The number of para-hydroxylation sites is 1. The van der Waals surface area contributed by atoms with Crippen molar-refractivity contribution in [2.45, 2.75) is 19.8 Å². The summed E-state index contributed by atoms with van der Waals surface area (Å²) in [6.07, 6.45) is 3.40. The van der Waals surface area contributed by atoms with Gasteiger partial charge in [0.25, 0.3) is 5.56 Å². The summed E-state index contributed by atoms with van der Waals surface area (Å²) in [5.41, 5.74) is 2.44. The first-order valence-corrected chi connectivity index (χ1v) is 7.79. The quantitative estimate of drug-likeness (QED) is 0.908. The number of aromatic amines is 1. The molecular formula is C17H20N4O2. The van der Waals surface area contributed by atoms with E-state index in [2.05, 4.69) is 15.5 Å². The highest BCUT2D eigenvalue weighted by Crippen LogP contribution is 2.23. The summed E-state index contributed by atoms with van der Waals surface area (Å²) in [7, 11) is 0. The fraction of sp³-hybridized carbons (Fsp3) is 0.353. The largest absolute Gasteiger partial charge is 0.369 e. The summed E-state index contributed by atoms with van der Waals surface area (Å²) in [6, 6.07) is 9.28. The molecule has 1 aliphatic rings. The molecule has 3 rings (SSSR count). The van der Waals surface area contributed by atoms with Gasteiger partial charge in [0.05, 0.1) is 17.8 Å². The van der Waals surface area contributed by atoms with Gasteiger partial charge in [-0.3, -0.25) is 9.59 Å². The molecule has 0 aliphatic carbocycles. The number of rotatable bonds is 3. The van der Waals surface area contributed by atoms with Crippen LogP contribution in [0.15, 0.2) is 41.3 Å². The minimum Gasteiger partial charge on any atom is -0.369 e. The summed E-state index contributed by atoms with van der Waals surface area (Å²) in [6.45, 7) is 3.41. The van der Waals surface area contributed by atoms with E-state index in [1.54, 1.807) is 6.20 Å². The maximum Gasteiger partial charge on any atom is 0.266 e. The van der Waals surface area contributed by atoms with Gasteiger partial charge in [-0.25, -0.2) is 5.10 Å². The molecule has 1 amide bonds. The van der Waals surface area contributed by atoms with Crippen LogP contribution in [-0.2, 0) is 4.79 Å². The van der Waals surface area contributed by atoms with Gasteiger partial charge < -0.3 is 10.2 Å². The maximum absolute atomic E-state index is 12.5. The predicted molar refractivity (Wildman–Crippen MR) is 89.6 cm³/mol. The molecule has 0 radical (unpaired) electrons. The van der Waals surface area contributed by atoms with E-state index in [-0.39, 0.29) is 17.4 Å². The molecule has 2 heterocycles. The van der Waals surface area contributed by atoms with Gasteiger partial charge in [-0.05, 0) is 31.4 Å². The normalized spacial score (nSPS) is 17.8. The molecule has 0 saturated carbocycles. The first kappa shape index (κ1) is 15.3. The average molecular weight is 312 g/mol. The minimum absolute atomic E-state index is 0.0294. The van der Waals surface area contributed by atoms with Crippen LogP contribution in [-0.4, -0.2) is 29.2 Å². The zero-order chi connectivity index (χ0) is 16.2. The van der Waals surface area contributed by atoms with Crippen LogP contribution in [0.1, 0.15) is 18.4 Å². The first-order valence-electron chi connectivity index (χ1n) is 7.79. The van der Waals surface area contributed by atoms with Gasteiger partial charge in [0, 0.05) is 24.8 Å². The topological polar surface area (TPSA) is 78.1 Å². The molecule has 0 bridgehead atoms. The van der Waals surface area contributed by atoms with Gasteiger partial charge in [-0.2, -0.15) is 5.10 Å². The van der Waals surface area contributed by atoms with E-state index in [1.807, 2.05) is 36.1 Å². The molecule has 1 aromatic carbocycles. The lowest BCUT2D eigenvalue weighted by molar-refractivity contribution is -0.120. The van der Waals surface area contributed by atoms with E-state index in [0.29, 0.717) is 6.54 Å². The summed E-state index contributed by atoms with van der Waals surface area (Å²) < 4.78 is 0. The number of benzene rings is 1. The van der Waals surface area contributed by atoms with Crippen molar-refractivity contribution >= 4 is 17.3 Å². The van der Waals surface area contributed by atoms with Crippen molar-refractivity contribution in [3.63, 3.8) is 0 Å². The number of carbonyl (C=O) groups is 1. The molecule has 1 aromatic heterocycles. The van der Waals surface area contributed by atoms with E-state index in [4.69, 9.17) is 0 Å². The summed E-state index contributed by atoms with van der Waals surface area (Å²) in [4.78, 5) is 26.0. The third-order valence-corrected chi connectivity index (χ3v) is 4.21. The third kappa shape index (κ3) is 3.59. The van der Waals surface area contributed by atoms with E-state index in [9.17, 15) is 9.59 Å². The molecule has 2 N–H and O–H groups in total. The second-order valence-corrected chi connectivity index (χ2v) is 5.89. The first-order chi connectivity index (χ1) is 11.1. The van der Waals surface area contributed by atoms with Crippen LogP contribution in [0.5, 0.6) is 0 Å². The van der Waals surface area contributed by atoms with Gasteiger partial charge in [-0.15, -0.1) is 0 Å². The molecule has 0 spiro atoms. The molecule has 120 valence electrons. The zero-order valence-corrected chi connectivity index (χ0v) is 13.1. The van der Waals surface area contributed by atoms with Crippen LogP contribution >= 0.6 is 0 Å². The van der Waals surface area contributed by atoms with E-state index in [1.165, 1.54) is 6.07 Å². The van der Waals surface area contributed by atoms with Crippen LogP contribution in [0.3, 0.4) is 0 Å². The van der Waals surface area contributed by atoms with Crippen molar-refractivity contribution in [2.75, 3.05) is 23.3 Å². The third-order valence-electron chi connectivity index (χ3n) is 4.21. The highest BCUT2D eigenvalue weighted by Gasteiger charge is 2.26. The van der Waals surface area contributed by atoms with Crippen molar-refractivity contribution in [1.29, 1.82) is 0 Å². The Hall–Kier alpha value is -2.63. The van der Waals surface area contributed by atoms with Crippen molar-refractivity contribution in [3.05, 3.63) is 52.4 Å². The van der Waals surface area contributed by atoms with Crippen LogP contribution in [0, 0.1) is 12.8 Å². The number of H-pyrrole nitrogens is 1. The smallest absolute Gasteiger partial charge is 0.266 e. The van der Waals surface area contributed by atoms with E-state index >= 15 is 0 Å². The molecule has 6 heteroatoms. The predicted octanol–water partition coefficient (Wildman–Crippen LogP) is 1.93. The number of carbonyl (C=O) groups excluding carboxylic acids is 1. The molecular weight excluding hydrogens is 292 g/mol. The summed E-state index contributed by atoms with van der Waals surface area (Å²) in [5, 5.41) is 9.22. The molecule has 0 unspecified atom stereocenters. The number of aryl methyl sites for hydroxylation is 1. The lowest BCUT2D eigenvalue weighted by atomic mass is 9.96.